The molecule has 0 aliphatic heterocycles. The van der Waals surface area contributed by atoms with E-state index in [0.717, 1.165) is 30.4 Å². The fourth-order valence-electron chi connectivity index (χ4n) is 4.99. The van der Waals surface area contributed by atoms with E-state index >= 15 is 0 Å². The van der Waals surface area contributed by atoms with Gasteiger partial charge in [0.2, 0.25) is 0 Å². The highest BCUT2D eigenvalue weighted by Crippen LogP contribution is 2.55. The molecule has 2 aliphatic carbocycles. The maximum atomic E-state index is 13.0. The predicted molar refractivity (Wildman–Crippen MR) is 108 cm³/mol. The normalized spacial score (nSPS) is 23.1. The monoisotopic (exact) mass is 456 g/mol. The quantitative estimate of drug-likeness (QED) is 0.460. The molecule has 0 radical (unpaired) electrons. The molecule has 31 heavy (non-hydrogen) atoms. The third-order valence-corrected chi connectivity index (χ3v) is 7.36. The van der Waals surface area contributed by atoms with Crippen LogP contribution < -0.4 is 13.7 Å². The van der Waals surface area contributed by atoms with Crippen LogP contribution in [0, 0.1) is 5.92 Å². The van der Waals surface area contributed by atoms with Gasteiger partial charge in [-0.05, 0) is 66.3 Å². The molecule has 3 atom stereocenters. The summed E-state index contributed by atoms with van der Waals surface area (Å²) in [6, 6.07) is 10.7. The van der Waals surface area contributed by atoms with Crippen LogP contribution in [0.25, 0.3) is 0 Å². The summed E-state index contributed by atoms with van der Waals surface area (Å²) in [5, 5.41) is 0. The summed E-state index contributed by atoms with van der Waals surface area (Å²) in [6.45, 7) is 0. The number of hydrogen-bond acceptors (Lipinski definition) is 5. The van der Waals surface area contributed by atoms with E-state index in [1.165, 1.54) is 13.2 Å². The van der Waals surface area contributed by atoms with Crippen LogP contribution in [-0.2, 0) is 16.5 Å². The second-order valence-electron chi connectivity index (χ2n) is 7.96. The van der Waals surface area contributed by atoms with Crippen LogP contribution in [0.15, 0.2) is 36.4 Å². The average Bonchev–Trinajstić information content (AvgIpc) is 3.22. The Kier molecular flexibility index (Phi) is 5.57. The molecule has 2 aliphatic rings. The second-order valence-corrected chi connectivity index (χ2v) is 9.50. The van der Waals surface area contributed by atoms with Gasteiger partial charge in [-0.15, -0.1) is 0 Å². The highest BCUT2D eigenvalue weighted by molar-refractivity contribution is 7.88. The van der Waals surface area contributed by atoms with Crippen LogP contribution in [0.4, 0.5) is 13.2 Å². The largest absolute Gasteiger partial charge is 0.534 e. The maximum Gasteiger partial charge on any atom is 0.534 e. The van der Waals surface area contributed by atoms with Gasteiger partial charge in [0.05, 0.1) is 14.2 Å². The molecular weight excluding hydrogens is 433 g/mol. The molecule has 0 N–H and O–H groups in total. The van der Waals surface area contributed by atoms with Crippen molar-refractivity contribution in [1.29, 1.82) is 0 Å². The van der Waals surface area contributed by atoms with Crippen molar-refractivity contribution in [2.45, 2.75) is 43.0 Å². The molecule has 0 bridgehead atoms. The van der Waals surface area contributed by atoms with Crippen molar-refractivity contribution in [2.24, 2.45) is 5.92 Å². The van der Waals surface area contributed by atoms with E-state index in [1.54, 1.807) is 13.2 Å². The van der Waals surface area contributed by atoms with Gasteiger partial charge in [-0.2, -0.15) is 21.6 Å². The summed E-state index contributed by atoms with van der Waals surface area (Å²) >= 11 is 0. The fourth-order valence-corrected chi connectivity index (χ4v) is 5.47. The van der Waals surface area contributed by atoms with Gasteiger partial charge in [-0.25, -0.2) is 0 Å². The van der Waals surface area contributed by atoms with Crippen molar-refractivity contribution in [2.75, 3.05) is 14.2 Å². The van der Waals surface area contributed by atoms with Crippen molar-refractivity contribution in [3.8, 4) is 17.2 Å². The molecule has 0 aromatic heterocycles. The Hall–Kier alpha value is -2.42. The van der Waals surface area contributed by atoms with Crippen LogP contribution >= 0.6 is 0 Å². The standard InChI is InChI=1S/C22H23F3O5S/c1-28-14-8-6-13(7-9-14)18-12-20-19(17-5-3-4-16(17)18)10-15(29-2)11-21(20)30-31(26,27)22(23,24)25/h6-11,16-18H,3-5,12H2,1-2H3/t16-,17+,18-/m0/s1. The summed E-state index contributed by atoms with van der Waals surface area (Å²) in [5.41, 5.74) is -3.15. The molecular formula is C22H23F3O5S. The number of methoxy groups -OCH3 is 2. The van der Waals surface area contributed by atoms with Crippen LogP contribution in [0.2, 0.25) is 0 Å². The van der Waals surface area contributed by atoms with Crippen molar-refractivity contribution in [3.05, 3.63) is 53.1 Å². The lowest BCUT2D eigenvalue weighted by Crippen LogP contribution is -2.30. The van der Waals surface area contributed by atoms with Gasteiger partial charge in [0, 0.05) is 11.6 Å². The third kappa shape index (κ3) is 3.95. The first-order valence-corrected chi connectivity index (χ1v) is 11.4. The SMILES string of the molecule is COc1ccc([C@@H]2Cc3c(OS(=O)(=O)C(F)(F)F)cc(OC)cc3[C@@H]3CCC[C@H]23)cc1. The molecule has 2 aromatic rings. The zero-order valence-electron chi connectivity index (χ0n) is 17.1. The van der Waals surface area contributed by atoms with Crippen LogP contribution in [-0.4, -0.2) is 28.1 Å². The summed E-state index contributed by atoms with van der Waals surface area (Å²) < 4.78 is 77.6. The first-order valence-electron chi connectivity index (χ1n) is 10.00. The first kappa shape index (κ1) is 21.8. The minimum atomic E-state index is -5.79. The Labute approximate surface area is 179 Å². The summed E-state index contributed by atoms with van der Waals surface area (Å²) in [5.74, 6) is 1.13. The summed E-state index contributed by atoms with van der Waals surface area (Å²) in [6.07, 6.45) is 3.25. The fraction of sp³-hybridized carbons (Fsp3) is 0.455. The van der Waals surface area contributed by atoms with Gasteiger partial charge in [0.1, 0.15) is 17.2 Å². The lowest BCUT2D eigenvalue weighted by Gasteiger charge is -2.37. The lowest BCUT2D eigenvalue weighted by atomic mass is 9.68. The van der Waals surface area contributed by atoms with E-state index in [4.69, 9.17) is 9.47 Å². The van der Waals surface area contributed by atoms with Crippen LogP contribution in [0.5, 0.6) is 17.2 Å². The molecule has 4 rings (SSSR count). The third-order valence-electron chi connectivity index (χ3n) is 6.39. The molecule has 0 heterocycles. The topological polar surface area (TPSA) is 61.8 Å². The Morgan fingerprint density at radius 2 is 1.61 bits per heavy atom. The smallest absolute Gasteiger partial charge is 0.497 e. The van der Waals surface area contributed by atoms with E-state index in [0.29, 0.717) is 23.7 Å². The number of fused-ring (bicyclic) bond motifs is 3. The Balaban J connectivity index is 1.80. The van der Waals surface area contributed by atoms with Crippen molar-refractivity contribution < 1.29 is 35.2 Å². The molecule has 1 fully saturated rings. The zero-order chi connectivity index (χ0) is 22.4. The van der Waals surface area contributed by atoms with Crippen molar-refractivity contribution in [3.63, 3.8) is 0 Å². The number of hydrogen-bond donors (Lipinski definition) is 0. The first-order chi connectivity index (χ1) is 14.6. The van der Waals surface area contributed by atoms with Gasteiger partial charge in [0.25, 0.3) is 0 Å². The van der Waals surface area contributed by atoms with E-state index in [1.807, 2.05) is 24.3 Å². The maximum absolute atomic E-state index is 13.0. The molecule has 2 aromatic carbocycles. The van der Waals surface area contributed by atoms with Gasteiger partial charge < -0.3 is 13.7 Å². The molecule has 168 valence electrons. The molecule has 9 heteroatoms. The molecule has 0 spiro atoms. The van der Waals surface area contributed by atoms with E-state index in [9.17, 15) is 21.6 Å². The number of alkyl halides is 3. The van der Waals surface area contributed by atoms with Gasteiger partial charge in [-0.3, -0.25) is 0 Å². The van der Waals surface area contributed by atoms with Crippen LogP contribution in [0.1, 0.15) is 47.8 Å². The molecule has 1 saturated carbocycles. The zero-order valence-corrected chi connectivity index (χ0v) is 17.9. The van der Waals surface area contributed by atoms with E-state index in [-0.39, 0.29) is 23.3 Å². The van der Waals surface area contributed by atoms with E-state index < -0.39 is 15.6 Å². The number of ether oxygens (including phenoxy) is 2. The van der Waals surface area contributed by atoms with Gasteiger partial charge in [0.15, 0.2) is 0 Å². The summed E-state index contributed by atoms with van der Waals surface area (Å²) in [4.78, 5) is 0. The average molecular weight is 456 g/mol. The molecule has 5 nitrogen and oxygen atoms in total. The highest BCUT2D eigenvalue weighted by Gasteiger charge is 2.49. The minimum absolute atomic E-state index is 0.0373. The Morgan fingerprint density at radius 3 is 2.23 bits per heavy atom. The molecule has 0 unspecified atom stereocenters. The highest BCUT2D eigenvalue weighted by atomic mass is 32.2. The lowest BCUT2D eigenvalue weighted by molar-refractivity contribution is -0.0500. The number of benzene rings is 2. The molecule has 0 saturated heterocycles. The Morgan fingerprint density at radius 1 is 0.935 bits per heavy atom. The predicted octanol–water partition coefficient (Wildman–Crippen LogP) is 5.16. The Bertz CT molecular complexity index is 1060. The van der Waals surface area contributed by atoms with Crippen LogP contribution in [0.3, 0.4) is 0 Å². The van der Waals surface area contributed by atoms with E-state index in [2.05, 4.69) is 4.18 Å². The summed E-state index contributed by atoms with van der Waals surface area (Å²) in [7, 11) is -2.83. The van der Waals surface area contributed by atoms with Crippen molar-refractivity contribution >= 4 is 10.1 Å². The van der Waals surface area contributed by atoms with Crippen molar-refractivity contribution in [1.82, 2.24) is 0 Å². The number of rotatable bonds is 5. The number of halogens is 3. The van der Waals surface area contributed by atoms with Gasteiger partial charge in [-0.1, -0.05) is 18.6 Å². The minimum Gasteiger partial charge on any atom is -0.497 e. The molecule has 0 amide bonds. The van der Waals surface area contributed by atoms with Gasteiger partial charge >= 0.3 is 15.6 Å². The second kappa shape index (κ2) is 7.93.